The number of ether oxygens (including phenoxy) is 1. The third-order valence-corrected chi connectivity index (χ3v) is 3.44. The average Bonchev–Trinajstić information content (AvgIpc) is 2.39. The number of rotatable bonds is 7. The predicted molar refractivity (Wildman–Crippen MR) is 70.3 cm³/mol. The average molecular weight is 256 g/mol. The maximum absolute atomic E-state index is 12.6. The first-order chi connectivity index (χ1) is 8.70. The van der Waals surface area contributed by atoms with Gasteiger partial charge in [0.05, 0.1) is 18.6 Å². The molecule has 0 bridgehead atoms. The summed E-state index contributed by atoms with van der Waals surface area (Å²) in [5, 5.41) is 12.3. The molecule has 18 heavy (non-hydrogen) atoms. The lowest BCUT2D eigenvalue weighted by Crippen LogP contribution is -2.52. The smallest absolute Gasteiger partial charge is 0.231 e. The first kappa shape index (κ1) is 15.1. The zero-order chi connectivity index (χ0) is 13.4. The second kappa shape index (κ2) is 7.51. The second-order valence-corrected chi connectivity index (χ2v) is 4.73. The van der Waals surface area contributed by atoms with Crippen LogP contribution in [-0.2, 0) is 9.53 Å². The summed E-state index contributed by atoms with van der Waals surface area (Å²) in [6, 6.07) is 0. The minimum Gasteiger partial charge on any atom is -0.395 e. The molecule has 104 valence electrons. The molecule has 0 atom stereocenters. The number of nitrogens with one attached hydrogen (secondary N) is 1. The molecule has 0 unspecified atom stereocenters. The monoisotopic (exact) mass is 256 g/mol. The molecule has 0 aromatic rings. The number of carbonyl (C=O) groups excluding carboxylic acids is 1. The van der Waals surface area contributed by atoms with Gasteiger partial charge in [0.1, 0.15) is 0 Å². The molecule has 0 spiro atoms. The molecule has 1 aliphatic heterocycles. The Balaban J connectivity index is 2.81. The molecule has 1 heterocycles. The van der Waals surface area contributed by atoms with Gasteiger partial charge in [0.15, 0.2) is 0 Å². The number of nitrogens with zero attached hydrogens (tertiary/aromatic N) is 1. The van der Waals surface area contributed by atoms with Crippen molar-refractivity contribution in [2.75, 3.05) is 46.5 Å². The van der Waals surface area contributed by atoms with E-state index in [4.69, 9.17) is 9.84 Å². The summed E-state index contributed by atoms with van der Waals surface area (Å²) in [4.78, 5) is 14.3. The largest absolute Gasteiger partial charge is 0.395 e. The fraction of sp³-hybridized carbons (Fsp3) is 0.769. The summed E-state index contributed by atoms with van der Waals surface area (Å²) in [6.07, 6.45) is 3.24. The maximum Gasteiger partial charge on any atom is 0.231 e. The maximum atomic E-state index is 12.6. The first-order valence-electron chi connectivity index (χ1n) is 6.41. The molecular formula is C13H24N2O3. The zero-order valence-corrected chi connectivity index (χ0v) is 11.2. The Bertz CT molecular complexity index is 270. The van der Waals surface area contributed by atoms with E-state index in [1.807, 2.05) is 0 Å². The van der Waals surface area contributed by atoms with E-state index in [-0.39, 0.29) is 12.5 Å². The second-order valence-electron chi connectivity index (χ2n) is 4.73. The van der Waals surface area contributed by atoms with Crippen LogP contribution >= 0.6 is 0 Å². The van der Waals surface area contributed by atoms with E-state index < -0.39 is 5.41 Å². The first-order valence-corrected chi connectivity index (χ1v) is 6.41. The third-order valence-electron chi connectivity index (χ3n) is 3.44. The van der Waals surface area contributed by atoms with E-state index >= 15 is 0 Å². The van der Waals surface area contributed by atoms with Crippen LogP contribution in [0, 0.1) is 5.41 Å². The van der Waals surface area contributed by atoms with Crippen LogP contribution < -0.4 is 5.32 Å². The Morgan fingerprint density at radius 2 is 2.22 bits per heavy atom. The molecule has 5 nitrogen and oxygen atoms in total. The van der Waals surface area contributed by atoms with Gasteiger partial charge in [-0.3, -0.25) is 4.79 Å². The molecule has 1 aliphatic rings. The lowest BCUT2D eigenvalue weighted by molar-refractivity contribution is -0.147. The van der Waals surface area contributed by atoms with Crippen LogP contribution in [0.5, 0.6) is 0 Å². The molecule has 0 aromatic carbocycles. The van der Waals surface area contributed by atoms with E-state index in [0.717, 1.165) is 25.9 Å². The number of hydrogen-bond acceptors (Lipinski definition) is 4. The van der Waals surface area contributed by atoms with Crippen molar-refractivity contribution >= 4 is 5.91 Å². The van der Waals surface area contributed by atoms with E-state index in [1.54, 1.807) is 18.1 Å². The molecule has 0 aliphatic carbocycles. The van der Waals surface area contributed by atoms with Crippen LogP contribution in [0.2, 0.25) is 0 Å². The van der Waals surface area contributed by atoms with Crippen LogP contribution in [0.1, 0.15) is 12.8 Å². The molecule has 0 saturated carbocycles. The zero-order valence-electron chi connectivity index (χ0n) is 11.2. The van der Waals surface area contributed by atoms with Crippen molar-refractivity contribution in [3.05, 3.63) is 12.7 Å². The van der Waals surface area contributed by atoms with Crippen molar-refractivity contribution in [2.45, 2.75) is 12.8 Å². The molecule has 1 fully saturated rings. The molecule has 5 heteroatoms. The Morgan fingerprint density at radius 3 is 2.72 bits per heavy atom. The SMILES string of the molecule is C=CCN(CCO)C(=O)C1(COC)CCNCC1. The minimum atomic E-state index is -0.446. The lowest BCUT2D eigenvalue weighted by Gasteiger charge is -2.39. The van der Waals surface area contributed by atoms with E-state index in [1.165, 1.54) is 0 Å². The molecule has 0 aromatic heterocycles. The van der Waals surface area contributed by atoms with Gasteiger partial charge in [-0.05, 0) is 25.9 Å². The van der Waals surface area contributed by atoms with Crippen molar-refractivity contribution in [1.29, 1.82) is 0 Å². The van der Waals surface area contributed by atoms with Crippen LogP contribution in [0.25, 0.3) is 0 Å². The van der Waals surface area contributed by atoms with Gasteiger partial charge in [0, 0.05) is 20.2 Å². The van der Waals surface area contributed by atoms with Gasteiger partial charge in [-0.2, -0.15) is 0 Å². The van der Waals surface area contributed by atoms with Gasteiger partial charge in [0.25, 0.3) is 0 Å². The van der Waals surface area contributed by atoms with Crippen molar-refractivity contribution in [3.8, 4) is 0 Å². The molecule has 2 N–H and O–H groups in total. The molecule has 0 radical (unpaired) electrons. The minimum absolute atomic E-state index is 0.0269. The number of methoxy groups -OCH3 is 1. The summed E-state index contributed by atoms with van der Waals surface area (Å²) >= 11 is 0. The van der Waals surface area contributed by atoms with Crippen molar-refractivity contribution in [1.82, 2.24) is 10.2 Å². The van der Waals surface area contributed by atoms with E-state index in [9.17, 15) is 4.79 Å². The summed E-state index contributed by atoms with van der Waals surface area (Å²) in [6.45, 7) is 6.55. The van der Waals surface area contributed by atoms with Gasteiger partial charge in [-0.1, -0.05) is 6.08 Å². The summed E-state index contributed by atoms with van der Waals surface area (Å²) in [5.41, 5.74) is -0.446. The number of aliphatic hydroxyl groups excluding tert-OH is 1. The quantitative estimate of drug-likeness (QED) is 0.630. The highest BCUT2D eigenvalue weighted by molar-refractivity contribution is 5.83. The van der Waals surface area contributed by atoms with Gasteiger partial charge in [0.2, 0.25) is 5.91 Å². The van der Waals surface area contributed by atoms with Crippen molar-refractivity contribution < 1.29 is 14.6 Å². The lowest BCUT2D eigenvalue weighted by atomic mass is 9.78. The normalized spacial score (nSPS) is 18.3. The standard InChI is InChI=1S/C13H24N2O3/c1-3-8-15(9-10-16)12(17)13(11-18-2)4-6-14-7-5-13/h3,14,16H,1,4-11H2,2H3. The summed E-state index contributed by atoms with van der Waals surface area (Å²) < 4.78 is 5.25. The summed E-state index contributed by atoms with van der Waals surface area (Å²) in [5.74, 6) is 0.0693. The van der Waals surface area contributed by atoms with Crippen LogP contribution in [0.4, 0.5) is 0 Å². The van der Waals surface area contributed by atoms with E-state index in [2.05, 4.69) is 11.9 Å². The number of hydrogen-bond donors (Lipinski definition) is 2. The predicted octanol–water partition coefficient (Wildman–Crippen LogP) is 0.00950. The van der Waals surface area contributed by atoms with Crippen LogP contribution in [-0.4, -0.2) is 62.4 Å². The van der Waals surface area contributed by atoms with Gasteiger partial charge >= 0.3 is 0 Å². The van der Waals surface area contributed by atoms with Crippen molar-refractivity contribution in [2.24, 2.45) is 5.41 Å². The molecule has 1 saturated heterocycles. The highest BCUT2D eigenvalue weighted by Gasteiger charge is 2.41. The number of amides is 1. The fourth-order valence-electron chi connectivity index (χ4n) is 2.49. The van der Waals surface area contributed by atoms with Gasteiger partial charge in [-0.25, -0.2) is 0 Å². The Morgan fingerprint density at radius 1 is 1.56 bits per heavy atom. The van der Waals surface area contributed by atoms with Crippen molar-refractivity contribution in [3.63, 3.8) is 0 Å². The molecule has 1 amide bonds. The fourth-order valence-corrected chi connectivity index (χ4v) is 2.49. The number of aliphatic hydroxyl groups is 1. The Kier molecular flexibility index (Phi) is 6.32. The Labute approximate surface area is 109 Å². The van der Waals surface area contributed by atoms with Gasteiger partial charge in [-0.15, -0.1) is 6.58 Å². The van der Waals surface area contributed by atoms with E-state index in [0.29, 0.717) is 19.7 Å². The summed E-state index contributed by atoms with van der Waals surface area (Å²) in [7, 11) is 1.63. The van der Waals surface area contributed by atoms with Crippen LogP contribution in [0.3, 0.4) is 0 Å². The Hall–Kier alpha value is -0.910. The highest BCUT2D eigenvalue weighted by Crippen LogP contribution is 2.31. The number of carbonyl (C=O) groups is 1. The van der Waals surface area contributed by atoms with Gasteiger partial charge < -0.3 is 20.1 Å². The molecular weight excluding hydrogens is 232 g/mol. The third kappa shape index (κ3) is 3.54. The van der Waals surface area contributed by atoms with Crippen LogP contribution in [0.15, 0.2) is 12.7 Å². The highest BCUT2D eigenvalue weighted by atomic mass is 16.5. The topological polar surface area (TPSA) is 61.8 Å². The molecule has 1 rings (SSSR count). The number of piperidine rings is 1.